The Morgan fingerprint density at radius 2 is 2.03 bits per heavy atom. The number of rotatable bonds is 4. The summed E-state index contributed by atoms with van der Waals surface area (Å²) in [5, 5.41) is 51.3. The van der Waals surface area contributed by atoms with Crippen molar-refractivity contribution in [2.24, 2.45) is 0 Å². The van der Waals surface area contributed by atoms with Crippen molar-refractivity contribution in [3.8, 4) is 0 Å². The number of ether oxygens (including phenoxy) is 3. The number of fused-ring (bicyclic) bond motifs is 3. The monoisotopic (exact) mass is 427 g/mol. The van der Waals surface area contributed by atoms with E-state index in [1.54, 1.807) is 0 Å². The fourth-order valence-corrected chi connectivity index (χ4v) is 4.64. The SMILES string of the molecule is Nc1nc2c(ncn2[C@]2([C@@H]3O[C@H](CO)[C@@H](O)[C@H]3O)O[C@@]3(CO)CO[C@@H]2[C@@H]3O)c(=O)[nH]1. The Kier molecular flexibility index (Phi) is 4.23. The van der Waals surface area contributed by atoms with Crippen molar-refractivity contribution < 1.29 is 39.7 Å². The number of imidazole rings is 1. The lowest BCUT2D eigenvalue weighted by molar-refractivity contribution is -0.297. The number of aliphatic hydroxyl groups excluding tert-OH is 5. The molecule has 0 radical (unpaired) electrons. The molecule has 2 aromatic rings. The number of anilines is 1. The van der Waals surface area contributed by atoms with E-state index in [1.165, 1.54) is 10.9 Å². The van der Waals surface area contributed by atoms with Gasteiger partial charge in [-0.3, -0.25) is 14.3 Å². The third-order valence-electron chi connectivity index (χ3n) is 6.13. The highest BCUT2D eigenvalue weighted by Crippen LogP contribution is 2.53. The van der Waals surface area contributed by atoms with Crippen molar-refractivity contribution >= 4 is 17.1 Å². The summed E-state index contributed by atoms with van der Waals surface area (Å²) in [6.07, 6.45) is -6.96. The minimum absolute atomic E-state index is 0.0505. The van der Waals surface area contributed by atoms with E-state index in [9.17, 15) is 30.3 Å². The molecule has 3 fully saturated rings. The first kappa shape index (κ1) is 19.8. The first-order valence-corrected chi connectivity index (χ1v) is 9.25. The molecular weight excluding hydrogens is 406 g/mol. The molecule has 3 saturated heterocycles. The average molecular weight is 427 g/mol. The van der Waals surface area contributed by atoms with Crippen LogP contribution in [0.2, 0.25) is 0 Å². The van der Waals surface area contributed by atoms with E-state index < -0.39 is 66.7 Å². The Balaban J connectivity index is 1.75. The van der Waals surface area contributed by atoms with E-state index in [-0.39, 0.29) is 23.7 Å². The van der Waals surface area contributed by atoms with Crippen molar-refractivity contribution in [3.05, 3.63) is 16.7 Å². The summed E-state index contributed by atoms with van der Waals surface area (Å²) < 4.78 is 18.8. The lowest BCUT2D eigenvalue weighted by atomic mass is 9.91. The summed E-state index contributed by atoms with van der Waals surface area (Å²) in [6, 6.07) is 0. The molecular formula is C16H21N5O9. The highest BCUT2D eigenvalue weighted by molar-refractivity contribution is 5.71. The van der Waals surface area contributed by atoms with E-state index >= 15 is 0 Å². The zero-order valence-electron chi connectivity index (χ0n) is 15.5. The summed E-state index contributed by atoms with van der Waals surface area (Å²) >= 11 is 0. The fourth-order valence-electron chi connectivity index (χ4n) is 4.64. The molecule has 3 aliphatic rings. The normalized spacial score (nSPS) is 43.1. The molecule has 2 aromatic heterocycles. The first-order chi connectivity index (χ1) is 14.3. The number of H-pyrrole nitrogens is 1. The Morgan fingerprint density at radius 1 is 1.27 bits per heavy atom. The maximum Gasteiger partial charge on any atom is 0.280 e. The molecule has 14 heteroatoms. The van der Waals surface area contributed by atoms with Crippen molar-refractivity contribution in [1.29, 1.82) is 0 Å². The average Bonchev–Trinajstić information content (AvgIpc) is 3.43. The number of hydrogen-bond acceptors (Lipinski definition) is 12. The maximum absolute atomic E-state index is 12.2. The van der Waals surface area contributed by atoms with Gasteiger partial charge in [0.1, 0.15) is 42.2 Å². The summed E-state index contributed by atoms with van der Waals surface area (Å²) in [4.78, 5) is 22.7. The number of aromatic nitrogens is 4. The molecule has 8 atom stereocenters. The fraction of sp³-hybridized carbons (Fsp3) is 0.688. The molecule has 0 unspecified atom stereocenters. The van der Waals surface area contributed by atoms with Crippen LogP contribution in [0.25, 0.3) is 11.2 Å². The number of nitrogen functional groups attached to an aromatic ring is 1. The Labute approximate surface area is 167 Å². The van der Waals surface area contributed by atoms with Gasteiger partial charge in [-0.25, -0.2) is 4.98 Å². The standard InChI is InChI=1S/C16H21N5O9/c17-14-19-12-6(13(27)20-14)18-4-21(12)16(10-8(25)7(24)5(1-22)29-10)11-9(26)15(2-23,30-16)3-28-11/h4-5,7-11,22-26H,1-3H2,(H3,17,19,20,27)/t5-,7-,8-,9+,10-,11-,15+,16-/m1/s1. The minimum atomic E-state index is -1.90. The van der Waals surface area contributed by atoms with Crippen LogP contribution in [-0.4, -0.2) is 107 Å². The zero-order valence-corrected chi connectivity index (χ0v) is 15.5. The van der Waals surface area contributed by atoms with Gasteiger partial charge < -0.3 is 45.5 Å². The molecule has 0 aromatic carbocycles. The largest absolute Gasteiger partial charge is 0.394 e. The predicted molar refractivity (Wildman–Crippen MR) is 94.9 cm³/mol. The number of hydrogen-bond donors (Lipinski definition) is 7. The van der Waals surface area contributed by atoms with Crippen molar-refractivity contribution in [2.75, 3.05) is 25.6 Å². The second-order valence-corrected chi connectivity index (χ2v) is 7.75. The smallest absolute Gasteiger partial charge is 0.280 e. The van der Waals surface area contributed by atoms with Crippen LogP contribution in [-0.2, 0) is 19.9 Å². The Morgan fingerprint density at radius 3 is 2.67 bits per heavy atom. The molecule has 0 saturated carbocycles. The van der Waals surface area contributed by atoms with Crippen LogP contribution < -0.4 is 11.3 Å². The van der Waals surface area contributed by atoms with Gasteiger partial charge in [0, 0.05) is 0 Å². The van der Waals surface area contributed by atoms with Crippen LogP contribution >= 0.6 is 0 Å². The van der Waals surface area contributed by atoms with E-state index in [2.05, 4.69) is 15.0 Å². The van der Waals surface area contributed by atoms with E-state index in [0.29, 0.717) is 0 Å². The predicted octanol–water partition coefficient (Wildman–Crippen LogP) is -4.64. The molecule has 2 bridgehead atoms. The first-order valence-electron chi connectivity index (χ1n) is 9.25. The highest BCUT2D eigenvalue weighted by Gasteiger charge is 2.74. The van der Waals surface area contributed by atoms with Crippen LogP contribution in [0.15, 0.2) is 11.1 Å². The molecule has 0 spiro atoms. The topological polar surface area (TPSA) is 218 Å². The second-order valence-electron chi connectivity index (χ2n) is 7.75. The lowest BCUT2D eigenvalue weighted by Crippen LogP contribution is -2.60. The molecule has 5 heterocycles. The van der Waals surface area contributed by atoms with Gasteiger partial charge in [0.05, 0.1) is 26.1 Å². The summed E-state index contributed by atoms with van der Waals surface area (Å²) in [5.74, 6) is -0.216. The van der Waals surface area contributed by atoms with Gasteiger partial charge in [-0.15, -0.1) is 0 Å². The van der Waals surface area contributed by atoms with Crippen LogP contribution in [0.3, 0.4) is 0 Å². The van der Waals surface area contributed by atoms with Crippen molar-refractivity contribution in [2.45, 2.75) is 47.9 Å². The summed E-state index contributed by atoms with van der Waals surface area (Å²) in [5.41, 5.74) is 1.44. The third kappa shape index (κ3) is 2.27. The molecule has 0 aliphatic carbocycles. The van der Waals surface area contributed by atoms with Gasteiger partial charge in [-0.2, -0.15) is 4.98 Å². The molecule has 3 aliphatic heterocycles. The van der Waals surface area contributed by atoms with Gasteiger partial charge in [-0.1, -0.05) is 0 Å². The maximum atomic E-state index is 12.2. The van der Waals surface area contributed by atoms with Crippen molar-refractivity contribution in [1.82, 2.24) is 19.5 Å². The summed E-state index contributed by atoms with van der Waals surface area (Å²) in [7, 11) is 0. The number of aromatic amines is 1. The van der Waals surface area contributed by atoms with Crippen LogP contribution in [0, 0.1) is 0 Å². The number of aliphatic hydroxyl groups is 5. The van der Waals surface area contributed by atoms with E-state index in [4.69, 9.17) is 19.9 Å². The van der Waals surface area contributed by atoms with Crippen LogP contribution in [0.4, 0.5) is 5.95 Å². The van der Waals surface area contributed by atoms with Crippen LogP contribution in [0.5, 0.6) is 0 Å². The third-order valence-corrected chi connectivity index (χ3v) is 6.13. The van der Waals surface area contributed by atoms with Gasteiger partial charge >= 0.3 is 0 Å². The van der Waals surface area contributed by atoms with Crippen molar-refractivity contribution in [3.63, 3.8) is 0 Å². The minimum Gasteiger partial charge on any atom is -0.394 e. The Hall–Kier alpha value is -2.17. The Bertz CT molecular complexity index is 1040. The molecule has 14 nitrogen and oxygen atoms in total. The van der Waals surface area contributed by atoms with Gasteiger partial charge in [0.25, 0.3) is 5.56 Å². The zero-order chi connectivity index (χ0) is 21.4. The highest BCUT2D eigenvalue weighted by atomic mass is 16.7. The lowest BCUT2D eigenvalue weighted by Gasteiger charge is -2.44. The molecule has 5 rings (SSSR count). The number of nitrogens with one attached hydrogen (secondary N) is 1. The van der Waals surface area contributed by atoms with Gasteiger partial charge in [-0.05, 0) is 0 Å². The van der Waals surface area contributed by atoms with Gasteiger partial charge in [0.15, 0.2) is 11.2 Å². The molecule has 0 amide bonds. The second kappa shape index (κ2) is 6.41. The van der Waals surface area contributed by atoms with E-state index in [1.807, 2.05) is 0 Å². The number of nitrogens with zero attached hydrogens (tertiary/aromatic N) is 3. The van der Waals surface area contributed by atoms with E-state index in [0.717, 1.165) is 0 Å². The van der Waals surface area contributed by atoms with Gasteiger partial charge in [0.2, 0.25) is 11.7 Å². The molecule has 164 valence electrons. The van der Waals surface area contributed by atoms with Crippen LogP contribution in [0.1, 0.15) is 0 Å². The number of nitrogens with two attached hydrogens (primary N) is 1. The quantitative estimate of drug-likeness (QED) is 0.245. The summed E-state index contributed by atoms with van der Waals surface area (Å²) in [6.45, 7) is -1.36. The molecule has 8 N–H and O–H groups in total. The molecule has 30 heavy (non-hydrogen) atoms.